The second-order valence-electron chi connectivity index (χ2n) is 5.19. The van der Waals surface area contributed by atoms with Gasteiger partial charge in [-0.15, -0.1) is 0 Å². The van der Waals surface area contributed by atoms with E-state index >= 15 is 0 Å². The van der Waals surface area contributed by atoms with E-state index < -0.39 is 27.2 Å². The SMILES string of the molecule is CC(CCCC(=O)O)NC(=O)N1CCSCC1S(C)(=O)=O. The third-order valence-electron chi connectivity index (χ3n) is 3.24. The van der Waals surface area contributed by atoms with Crippen LogP contribution in [0, 0.1) is 0 Å². The first-order chi connectivity index (χ1) is 9.71. The molecule has 7 nitrogen and oxygen atoms in total. The summed E-state index contributed by atoms with van der Waals surface area (Å²) in [7, 11) is -3.32. The number of hydrogen-bond acceptors (Lipinski definition) is 5. The first-order valence-corrected chi connectivity index (χ1v) is 9.88. The average Bonchev–Trinajstić information content (AvgIpc) is 2.37. The summed E-state index contributed by atoms with van der Waals surface area (Å²) in [6, 6.07) is -0.583. The highest BCUT2D eigenvalue weighted by Gasteiger charge is 2.34. The molecule has 1 fully saturated rings. The highest BCUT2D eigenvalue weighted by Crippen LogP contribution is 2.20. The van der Waals surface area contributed by atoms with Crippen molar-refractivity contribution < 1.29 is 23.1 Å². The van der Waals surface area contributed by atoms with E-state index in [2.05, 4.69) is 5.32 Å². The molecule has 0 aromatic heterocycles. The molecule has 2 atom stereocenters. The molecule has 0 aromatic carbocycles. The fourth-order valence-corrected chi connectivity index (χ4v) is 4.91. The fourth-order valence-electron chi connectivity index (χ4n) is 2.09. The smallest absolute Gasteiger partial charge is 0.318 e. The Labute approximate surface area is 129 Å². The molecule has 2 amide bonds. The molecule has 9 heteroatoms. The number of nitrogens with zero attached hydrogens (tertiary/aromatic N) is 1. The fraction of sp³-hybridized carbons (Fsp3) is 0.833. The lowest BCUT2D eigenvalue weighted by Crippen LogP contribution is -2.54. The van der Waals surface area contributed by atoms with Crippen LogP contribution < -0.4 is 5.32 Å². The van der Waals surface area contributed by atoms with Crippen molar-refractivity contribution in [2.24, 2.45) is 0 Å². The van der Waals surface area contributed by atoms with Crippen molar-refractivity contribution in [2.75, 3.05) is 24.3 Å². The van der Waals surface area contributed by atoms with Crippen molar-refractivity contribution in [1.29, 1.82) is 0 Å². The molecule has 0 saturated carbocycles. The maximum atomic E-state index is 12.2. The number of carbonyl (C=O) groups excluding carboxylic acids is 1. The lowest BCUT2D eigenvalue weighted by Gasteiger charge is -2.34. The zero-order valence-corrected chi connectivity index (χ0v) is 13.9. The predicted molar refractivity (Wildman–Crippen MR) is 82.1 cm³/mol. The number of nitrogens with one attached hydrogen (secondary N) is 1. The third-order valence-corrected chi connectivity index (χ3v) is 5.88. The minimum atomic E-state index is -3.32. The van der Waals surface area contributed by atoms with E-state index in [1.54, 1.807) is 6.92 Å². The number of thioether (sulfide) groups is 1. The van der Waals surface area contributed by atoms with E-state index in [1.165, 1.54) is 16.7 Å². The number of hydrogen-bond donors (Lipinski definition) is 2. The summed E-state index contributed by atoms with van der Waals surface area (Å²) in [5, 5.41) is 10.5. The number of carboxylic acids is 1. The Kier molecular flexibility index (Phi) is 6.79. The van der Waals surface area contributed by atoms with Gasteiger partial charge in [-0.25, -0.2) is 13.2 Å². The van der Waals surface area contributed by atoms with Crippen LogP contribution in [0.4, 0.5) is 4.79 Å². The summed E-state index contributed by atoms with van der Waals surface area (Å²) in [6.45, 7) is 2.18. The minimum Gasteiger partial charge on any atom is -0.481 e. The van der Waals surface area contributed by atoms with Crippen molar-refractivity contribution >= 4 is 33.6 Å². The van der Waals surface area contributed by atoms with Crippen LogP contribution in [0.2, 0.25) is 0 Å². The summed E-state index contributed by atoms with van der Waals surface area (Å²) in [6.07, 6.45) is 2.22. The molecule has 122 valence electrons. The van der Waals surface area contributed by atoms with E-state index in [0.29, 0.717) is 30.9 Å². The van der Waals surface area contributed by atoms with Crippen molar-refractivity contribution in [2.45, 2.75) is 37.6 Å². The Morgan fingerprint density at radius 1 is 1.48 bits per heavy atom. The van der Waals surface area contributed by atoms with Gasteiger partial charge in [-0.1, -0.05) is 0 Å². The van der Waals surface area contributed by atoms with Gasteiger partial charge < -0.3 is 15.3 Å². The zero-order valence-electron chi connectivity index (χ0n) is 12.2. The zero-order chi connectivity index (χ0) is 16.0. The van der Waals surface area contributed by atoms with Crippen LogP contribution in [0.1, 0.15) is 26.2 Å². The normalized spacial score (nSPS) is 20.9. The van der Waals surface area contributed by atoms with E-state index in [0.717, 1.165) is 6.26 Å². The van der Waals surface area contributed by atoms with Crippen LogP contribution in [0.5, 0.6) is 0 Å². The Balaban J connectivity index is 2.54. The van der Waals surface area contributed by atoms with Gasteiger partial charge in [0, 0.05) is 36.8 Å². The highest BCUT2D eigenvalue weighted by molar-refractivity contribution is 8.00. The number of aliphatic carboxylic acids is 1. The van der Waals surface area contributed by atoms with E-state index in [4.69, 9.17) is 5.11 Å². The van der Waals surface area contributed by atoms with Crippen LogP contribution >= 0.6 is 11.8 Å². The van der Waals surface area contributed by atoms with E-state index in [9.17, 15) is 18.0 Å². The number of carbonyl (C=O) groups is 2. The van der Waals surface area contributed by atoms with Crippen molar-refractivity contribution in [3.8, 4) is 0 Å². The van der Waals surface area contributed by atoms with Crippen LogP contribution in [-0.4, -0.2) is 66.1 Å². The first-order valence-electron chi connectivity index (χ1n) is 6.77. The molecule has 0 bridgehead atoms. The highest BCUT2D eigenvalue weighted by atomic mass is 32.2. The van der Waals surface area contributed by atoms with Gasteiger partial charge in [-0.3, -0.25) is 4.79 Å². The topological polar surface area (TPSA) is 104 Å². The third kappa shape index (κ3) is 6.13. The van der Waals surface area contributed by atoms with Crippen LogP contribution in [0.3, 0.4) is 0 Å². The second kappa shape index (κ2) is 7.88. The number of rotatable bonds is 6. The summed E-state index contributed by atoms with van der Waals surface area (Å²) in [4.78, 5) is 24.0. The van der Waals surface area contributed by atoms with Gasteiger partial charge in [0.1, 0.15) is 5.37 Å². The number of amides is 2. The van der Waals surface area contributed by atoms with Crippen LogP contribution in [-0.2, 0) is 14.6 Å². The van der Waals surface area contributed by atoms with Gasteiger partial charge in [-0.2, -0.15) is 11.8 Å². The summed E-state index contributed by atoms with van der Waals surface area (Å²) in [5.41, 5.74) is 0. The standard InChI is InChI=1S/C12H22N2O5S2/c1-9(4-3-5-11(15)16)13-12(17)14-6-7-20-8-10(14)21(2,18)19/h9-10H,3-8H2,1-2H3,(H,13,17)(H,15,16). The minimum absolute atomic E-state index is 0.0620. The quantitative estimate of drug-likeness (QED) is 0.741. The van der Waals surface area contributed by atoms with Gasteiger partial charge in [0.15, 0.2) is 9.84 Å². The second-order valence-corrected chi connectivity index (χ2v) is 8.54. The molecule has 1 saturated heterocycles. The Bertz CT molecular complexity index is 480. The van der Waals surface area contributed by atoms with Gasteiger partial charge in [-0.05, 0) is 19.8 Å². The van der Waals surface area contributed by atoms with Crippen LogP contribution in [0.25, 0.3) is 0 Å². The molecule has 2 unspecified atom stereocenters. The van der Waals surface area contributed by atoms with Gasteiger partial charge >= 0.3 is 12.0 Å². The lowest BCUT2D eigenvalue weighted by molar-refractivity contribution is -0.137. The lowest BCUT2D eigenvalue weighted by atomic mass is 10.1. The Morgan fingerprint density at radius 2 is 2.14 bits per heavy atom. The molecule has 21 heavy (non-hydrogen) atoms. The van der Waals surface area contributed by atoms with Crippen LogP contribution in [0.15, 0.2) is 0 Å². The molecule has 0 aromatic rings. The first kappa shape index (κ1) is 18.1. The largest absolute Gasteiger partial charge is 0.481 e. The number of carboxylic acid groups (broad SMARTS) is 1. The van der Waals surface area contributed by atoms with Crippen molar-refractivity contribution in [1.82, 2.24) is 10.2 Å². The van der Waals surface area contributed by atoms with E-state index in [1.807, 2.05) is 0 Å². The van der Waals surface area contributed by atoms with E-state index in [-0.39, 0.29) is 12.5 Å². The van der Waals surface area contributed by atoms with Gasteiger partial charge in [0.05, 0.1) is 0 Å². The molecule has 1 aliphatic heterocycles. The molecule has 0 radical (unpaired) electrons. The Morgan fingerprint density at radius 3 is 2.71 bits per heavy atom. The van der Waals surface area contributed by atoms with Crippen molar-refractivity contribution in [3.63, 3.8) is 0 Å². The average molecular weight is 338 g/mol. The molecule has 1 heterocycles. The number of sulfone groups is 1. The summed E-state index contributed by atoms with van der Waals surface area (Å²) < 4.78 is 23.5. The molecular weight excluding hydrogens is 316 g/mol. The summed E-state index contributed by atoms with van der Waals surface area (Å²) >= 11 is 1.52. The predicted octanol–water partition coefficient (Wildman–Crippen LogP) is 0.759. The molecule has 1 rings (SSSR count). The van der Waals surface area contributed by atoms with Gasteiger partial charge in [0.2, 0.25) is 0 Å². The number of urea groups is 1. The monoisotopic (exact) mass is 338 g/mol. The molecule has 0 spiro atoms. The Hall–Kier alpha value is -0.960. The maximum absolute atomic E-state index is 12.2. The van der Waals surface area contributed by atoms with Gasteiger partial charge in [0.25, 0.3) is 0 Å². The molecular formula is C12H22N2O5S2. The maximum Gasteiger partial charge on any atom is 0.318 e. The molecule has 2 N–H and O–H groups in total. The van der Waals surface area contributed by atoms with Crippen molar-refractivity contribution in [3.05, 3.63) is 0 Å². The molecule has 0 aliphatic carbocycles. The summed E-state index contributed by atoms with van der Waals surface area (Å²) in [5.74, 6) is 0.241. The molecule has 1 aliphatic rings.